The molecule has 0 saturated carbocycles. The van der Waals surface area contributed by atoms with Crippen molar-refractivity contribution in [3.05, 3.63) is 81.3 Å². The van der Waals surface area contributed by atoms with Gasteiger partial charge < -0.3 is 15.4 Å². The molecule has 2 N–H and O–H groups in total. The van der Waals surface area contributed by atoms with E-state index in [1.54, 1.807) is 48.7 Å². The molecule has 1 heterocycles. The largest absolute Gasteiger partial charge is 0.487 e. The Morgan fingerprint density at radius 1 is 1.07 bits per heavy atom. The van der Waals surface area contributed by atoms with Crippen LogP contribution in [0.4, 0.5) is 0 Å². The molecule has 0 bridgehead atoms. The molecule has 7 heteroatoms. The first-order chi connectivity index (χ1) is 13.5. The van der Waals surface area contributed by atoms with E-state index in [1.807, 2.05) is 30.5 Å². The summed E-state index contributed by atoms with van der Waals surface area (Å²) in [5.74, 6) is 0.291. The number of benzene rings is 2. The quantitative estimate of drug-likeness (QED) is 0.643. The summed E-state index contributed by atoms with van der Waals surface area (Å²) < 4.78 is 5.73. The first-order valence-electron chi connectivity index (χ1n) is 8.78. The van der Waals surface area contributed by atoms with Crippen LogP contribution in [0.5, 0.6) is 5.75 Å². The Hall–Kier alpha value is -3.19. The second-order valence-electron chi connectivity index (χ2n) is 6.13. The molecule has 0 unspecified atom stereocenters. The summed E-state index contributed by atoms with van der Waals surface area (Å²) in [7, 11) is 1.59. The number of aryl methyl sites for hydroxylation is 1. The number of nitrogens with one attached hydrogen (secondary N) is 2. The molecule has 0 spiro atoms. The summed E-state index contributed by atoms with van der Waals surface area (Å²) in [4.78, 5) is 28.3. The van der Waals surface area contributed by atoms with Gasteiger partial charge in [0.05, 0.1) is 10.7 Å². The highest BCUT2D eigenvalue weighted by atomic mass is 32.1. The van der Waals surface area contributed by atoms with Crippen LogP contribution >= 0.6 is 11.3 Å². The fourth-order valence-electron chi connectivity index (χ4n) is 2.56. The molecule has 0 radical (unpaired) electrons. The van der Waals surface area contributed by atoms with E-state index in [2.05, 4.69) is 15.6 Å². The smallest absolute Gasteiger partial charge is 0.251 e. The number of hydrogen-bond donors (Lipinski definition) is 2. The van der Waals surface area contributed by atoms with Crippen LogP contribution in [0.2, 0.25) is 0 Å². The molecule has 3 aromatic rings. The van der Waals surface area contributed by atoms with Crippen LogP contribution in [0.3, 0.4) is 0 Å². The van der Waals surface area contributed by atoms with E-state index in [4.69, 9.17) is 4.74 Å². The second kappa shape index (κ2) is 9.14. The second-order valence-corrected chi connectivity index (χ2v) is 7.20. The van der Waals surface area contributed by atoms with Gasteiger partial charge in [0.25, 0.3) is 11.8 Å². The minimum atomic E-state index is -0.190. The highest BCUT2D eigenvalue weighted by Gasteiger charge is 2.08. The zero-order valence-corrected chi connectivity index (χ0v) is 16.5. The van der Waals surface area contributed by atoms with Crippen LogP contribution in [-0.2, 0) is 13.2 Å². The van der Waals surface area contributed by atoms with Crippen molar-refractivity contribution in [2.24, 2.45) is 0 Å². The molecule has 0 aliphatic carbocycles. The van der Waals surface area contributed by atoms with E-state index in [-0.39, 0.29) is 11.8 Å². The Morgan fingerprint density at radius 2 is 1.86 bits per heavy atom. The number of carbonyl (C=O) groups excluding carboxylic acids is 2. The number of aromatic nitrogens is 1. The molecule has 28 heavy (non-hydrogen) atoms. The van der Waals surface area contributed by atoms with E-state index >= 15 is 0 Å². The van der Waals surface area contributed by atoms with E-state index in [9.17, 15) is 9.59 Å². The lowest BCUT2D eigenvalue weighted by molar-refractivity contribution is 0.0945. The number of amides is 2. The number of carbonyl (C=O) groups is 2. The summed E-state index contributed by atoms with van der Waals surface area (Å²) in [5, 5.41) is 8.41. The van der Waals surface area contributed by atoms with Gasteiger partial charge in [0, 0.05) is 30.1 Å². The Balaban J connectivity index is 1.56. The van der Waals surface area contributed by atoms with E-state index in [0.717, 1.165) is 16.3 Å². The zero-order chi connectivity index (χ0) is 19.9. The standard InChI is InChI=1S/C21H21N3O3S/c1-14-24-18(13-28-14)12-27-19-5-3-4-17(10-19)21(26)23-11-15-6-8-16(9-7-15)20(25)22-2/h3-10,13H,11-12H2,1-2H3,(H,22,25)(H,23,26). The number of ether oxygens (including phenoxy) is 1. The molecule has 6 nitrogen and oxygen atoms in total. The Labute approximate surface area is 167 Å². The number of rotatable bonds is 7. The predicted molar refractivity (Wildman–Crippen MR) is 109 cm³/mol. The fraction of sp³-hybridized carbons (Fsp3) is 0.190. The molecule has 1 aromatic heterocycles. The molecular formula is C21H21N3O3S. The topological polar surface area (TPSA) is 80.3 Å². The Kier molecular flexibility index (Phi) is 6.39. The van der Waals surface area contributed by atoms with Crippen molar-refractivity contribution in [3.8, 4) is 5.75 Å². The lowest BCUT2D eigenvalue weighted by atomic mass is 10.1. The molecule has 2 aromatic carbocycles. The number of nitrogens with zero attached hydrogens (tertiary/aromatic N) is 1. The number of hydrogen-bond acceptors (Lipinski definition) is 5. The van der Waals surface area contributed by atoms with Crippen molar-refractivity contribution >= 4 is 23.2 Å². The monoisotopic (exact) mass is 395 g/mol. The SMILES string of the molecule is CNC(=O)c1ccc(CNC(=O)c2cccc(OCc3csc(C)n3)c2)cc1. The van der Waals surface area contributed by atoms with Gasteiger partial charge in [-0.3, -0.25) is 9.59 Å². The van der Waals surface area contributed by atoms with Gasteiger partial charge in [-0.1, -0.05) is 18.2 Å². The summed E-state index contributed by atoms with van der Waals surface area (Å²) >= 11 is 1.58. The van der Waals surface area contributed by atoms with Gasteiger partial charge in [0.2, 0.25) is 0 Å². The average molecular weight is 395 g/mol. The van der Waals surface area contributed by atoms with Crippen molar-refractivity contribution in [1.82, 2.24) is 15.6 Å². The first kappa shape index (κ1) is 19.6. The van der Waals surface area contributed by atoms with Gasteiger partial charge in [-0.15, -0.1) is 11.3 Å². The molecule has 0 aliphatic rings. The van der Waals surface area contributed by atoms with Gasteiger partial charge >= 0.3 is 0 Å². The zero-order valence-electron chi connectivity index (χ0n) is 15.7. The van der Waals surface area contributed by atoms with Crippen LogP contribution in [0.1, 0.15) is 37.0 Å². The molecular weight excluding hydrogens is 374 g/mol. The van der Waals surface area contributed by atoms with E-state index < -0.39 is 0 Å². The van der Waals surface area contributed by atoms with Gasteiger partial charge in [0.15, 0.2) is 0 Å². The predicted octanol–water partition coefficient (Wildman–Crippen LogP) is 3.32. The van der Waals surface area contributed by atoms with Crippen molar-refractivity contribution in [1.29, 1.82) is 0 Å². The maximum Gasteiger partial charge on any atom is 0.251 e. The van der Waals surface area contributed by atoms with Crippen molar-refractivity contribution in [3.63, 3.8) is 0 Å². The normalized spacial score (nSPS) is 10.4. The fourth-order valence-corrected chi connectivity index (χ4v) is 3.16. The highest BCUT2D eigenvalue weighted by molar-refractivity contribution is 7.09. The maximum atomic E-state index is 12.4. The van der Waals surface area contributed by atoms with Gasteiger partial charge in [-0.25, -0.2) is 4.98 Å². The molecule has 144 valence electrons. The molecule has 0 atom stereocenters. The molecule has 0 fully saturated rings. The summed E-state index contributed by atoms with van der Waals surface area (Å²) in [5.41, 5.74) is 2.89. The minimum Gasteiger partial charge on any atom is -0.487 e. The van der Waals surface area contributed by atoms with Crippen LogP contribution in [0.15, 0.2) is 53.9 Å². The van der Waals surface area contributed by atoms with Crippen molar-refractivity contribution in [2.45, 2.75) is 20.1 Å². The molecule has 3 rings (SSSR count). The van der Waals surface area contributed by atoms with Crippen molar-refractivity contribution < 1.29 is 14.3 Å². The molecule has 2 amide bonds. The lowest BCUT2D eigenvalue weighted by Gasteiger charge is -2.09. The third-order valence-corrected chi connectivity index (χ3v) is 4.87. The van der Waals surface area contributed by atoms with Crippen LogP contribution in [0.25, 0.3) is 0 Å². The Bertz CT molecular complexity index is 967. The Morgan fingerprint density at radius 3 is 2.54 bits per heavy atom. The summed E-state index contributed by atoms with van der Waals surface area (Å²) in [6.07, 6.45) is 0. The van der Waals surface area contributed by atoms with Crippen LogP contribution < -0.4 is 15.4 Å². The molecule has 0 aliphatic heterocycles. The van der Waals surface area contributed by atoms with Crippen LogP contribution in [-0.4, -0.2) is 23.8 Å². The van der Waals surface area contributed by atoms with Gasteiger partial charge in [-0.2, -0.15) is 0 Å². The van der Waals surface area contributed by atoms with Gasteiger partial charge in [-0.05, 0) is 42.8 Å². The third-order valence-electron chi connectivity index (χ3n) is 4.05. The maximum absolute atomic E-state index is 12.4. The van der Waals surface area contributed by atoms with Gasteiger partial charge in [0.1, 0.15) is 12.4 Å². The van der Waals surface area contributed by atoms with E-state index in [0.29, 0.717) is 30.0 Å². The van der Waals surface area contributed by atoms with E-state index in [1.165, 1.54) is 0 Å². The van der Waals surface area contributed by atoms with Crippen molar-refractivity contribution in [2.75, 3.05) is 7.05 Å². The third kappa shape index (κ3) is 5.17. The number of thiazole rings is 1. The minimum absolute atomic E-state index is 0.139. The summed E-state index contributed by atoms with van der Waals surface area (Å²) in [6.45, 7) is 2.69. The van der Waals surface area contributed by atoms with Crippen LogP contribution in [0, 0.1) is 6.92 Å². The lowest BCUT2D eigenvalue weighted by Crippen LogP contribution is -2.23. The first-order valence-corrected chi connectivity index (χ1v) is 9.66. The highest BCUT2D eigenvalue weighted by Crippen LogP contribution is 2.16. The average Bonchev–Trinajstić information content (AvgIpc) is 3.15. The molecule has 0 saturated heterocycles. The summed E-state index contributed by atoms with van der Waals surface area (Å²) in [6, 6.07) is 14.2.